The van der Waals surface area contributed by atoms with E-state index in [-0.39, 0.29) is 5.91 Å². The van der Waals surface area contributed by atoms with Gasteiger partial charge in [-0.1, -0.05) is 41.4 Å². The Morgan fingerprint density at radius 1 is 1.05 bits per heavy atom. The molecule has 0 unspecified atom stereocenters. The van der Waals surface area contributed by atoms with E-state index in [0.717, 1.165) is 27.9 Å². The molecule has 104 valence electrons. The Hall–Kier alpha value is -1.80. The lowest BCUT2D eigenvalue weighted by molar-refractivity contribution is -0.115. The van der Waals surface area contributed by atoms with Crippen LogP contribution in [0.3, 0.4) is 0 Å². The van der Waals surface area contributed by atoms with E-state index in [4.69, 9.17) is 11.6 Å². The zero-order valence-corrected chi connectivity index (χ0v) is 12.7. The lowest BCUT2D eigenvalue weighted by atomic mass is 10.0. The van der Waals surface area contributed by atoms with E-state index < -0.39 is 0 Å². The second kappa shape index (κ2) is 6.10. The number of nitrogens with one attached hydrogen (secondary N) is 1. The summed E-state index contributed by atoms with van der Waals surface area (Å²) in [5.74, 6) is -0.0240. The maximum Gasteiger partial charge on any atom is 0.228 e. The molecule has 2 aromatic rings. The summed E-state index contributed by atoms with van der Waals surface area (Å²) in [5.41, 5.74) is 5.13. The molecule has 0 aliphatic heterocycles. The minimum atomic E-state index is -0.0240. The Morgan fingerprint density at radius 2 is 1.75 bits per heavy atom. The number of anilines is 1. The van der Waals surface area contributed by atoms with Crippen LogP contribution in [0.2, 0.25) is 5.02 Å². The van der Waals surface area contributed by atoms with Gasteiger partial charge >= 0.3 is 0 Å². The van der Waals surface area contributed by atoms with Crippen LogP contribution in [-0.4, -0.2) is 5.91 Å². The van der Waals surface area contributed by atoms with Crippen molar-refractivity contribution in [1.82, 2.24) is 0 Å². The third-order valence-corrected chi connectivity index (χ3v) is 3.56. The van der Waals surface area contributed by atoms with Gasteiger partial charge in [-0.2, -0.15) is 0 Å². The Balaban J connectivity index is 2.13. The third-order valence-electron chi connectivity index (χ3n) is 3.33. The minimum Gasteiger partial charge on any atom is -0.326 e. The topological polar surface area (TPSA) is 29.1 Å². The van der Waals surface area contributed by atoms with Crippen LogP contribution in [0.15, 0.2) is 36.4 Å². The van der Waals surface area contributed by atoms with Gasteiger partial charge < -0.3 is 5.32 Å². The summed E-state index contributed by atoms with van der Waals surface area (Å²) in [7, 11) is 0. The van der Waals surface area contributed by atoms with E-state index in [0.29, 0.717) is 11.4 Å². The van der Waals surface area contributed by atoms with Gasteiger partial charge in [0.25, 0.3) is 0 Å². The predicted octanol–water partition coefficient (Wildman–Crippen LogP) is 4.45. The summed E-state index contributed by atoms with van der Waals surface area (Å²) >= 11 is 5.96. The molecule has 0 radical (unpaired) electrons. The third kappa shape index (κ3) is 3.61. The van der Waals surface area contributed by atoms with Gasteiger partial charge in [0.2, 0.25) is 5.91 Å². The zero-order chi connectivity index (χ0) is 14.7. The molecule has 0 heterocycles. The fourth-order valence-electron chi connectivity index (χ4n) is 2.09. The molecule has 0 saturated carbocycles. The second-order valence-electron chi connectivity index (χ2n) is 5.11. The van der Waals surface area contributed by atoms with E-state index in [1.54, 1.807) is 6.07 Å². The molecule has 0 bridgehead atoms. The van der Waals surface area contributed by atoms with Gasteiger partial charge in [0, 0.05) is 10.7 Å². The Labute approximate surface area is 124 Å². The van der Waals surface area contributed by atoms with Gasteiger partial charge in [-0.15, -0.1) is 0 Å². The Kier molecular flexibility index (Phi) is 4.46. The van der Waals surface area contributed by atoms with E-state index >= 15 is 0 Å². The number of hydrogen-bond acceptors (Lipinski definition) is 1. The van der Waals surface area contributed by atoms with Crippen molar-refractivity contribution in [2.45, 2.75) is 27.2 Å². The Morgan fingerprint density at radius 3 is 2.50 bits per heavy atom. The second-order valence-corrected chi connectivity index (χ2v) is 5.55. The highest BCUT2D eigenvalue weighted by Gasteiger charge is 2.08. The molecule has 0 fully saturated rings. The number of rotatable bonds is 3. The molecule has 2 nitrogen and oxygen atoms in total. The molecule has 0 aliphatic rings. The monoisotopic (exact) mass is 287 g/mol. The summed E-state index contributed by atoms with van der Waals surface area (Å²) in [6.07, 6.45) is 0.374. The van der Waals surface area contributed by atoms with Gasteiger partial charge in [0.1, 0.15) is 0 Å². The summed E-state index contributed by atoms with van der Waals surface area (Å²) < 4.78 is 0. The molecule has 2 rings (SSSR count). The average molecular weight is 288 g/mol. The fraction of sp³-hybridized carbons (Fsp3) is 0.235. The molecular weight excluding hydrogens is 270 g/mol. The van der Waals surface area contributed by atoms with Crippen molar-refractivity contribution in [3.05, 3.63) is 63.7 Å². The molecule has 1 amide bonds. The van der Waals surface area contributed by atoms with Gasteiger partial charge in [0.15, 0.2) is 0 Å². The number of amides is 1. The van der Waals surface area contributed by atoms with Crippen molar-refractivity contribution >= 4 is 23.2 Å². The van der Waals surface area contributed by atoms with E-state index in [1.165, 1.54) is 0 Å². The van der Waals surface area contributed by atoms with Crippen LogP contribution in [0, 0.1) is 20.8 Å². The molecule has 0 saturated heterocycles. The van der Waals surface area contributed by atoms with Crippen molar-refractivity contribution < 1.29 is 4.79 Å². The van der Waals surface area contributed by atoms with Crippen molar-refractivity contribution in [2.24, 2.45) is 0 Å². The van der Waals surface area contributed by atoms with E-state index in [9.17, 15) is 4.79 Å². The van der Waals surface area contributed by atoms with Crippen LogP contribution in [0.5, 0.6) is 0 Å². The highest BCUT2D eigenvalue weighted by atomic mass is 35.5. The first-order chi connectivity index (χ1) is 9.45. The van der Waals surface area contributed by atoms with Crippen molar-refractivity contribution in [2.75, 3.05) is 5.32 Å². The van der Waals surface area contributed by atoms with Crippen molar-refractivity contribution in [3.63, 3.8) is 0 Å². The Bertz CT molecular complexity index is 594. The fourth-order valence-corrected chi connectivity index (χ4v) is 2.26. The summed E-state index contributed by atoms with van der Waals surface area (Å²) in [4.78, 5) is 12.2. The van der Waals surface area contributed by atoms with E-state index in [2.05, 4.69) is 17.4 Å². The molecule has 3 heteroatoms. The van der Waals surface area contributed by atoms with Gasteiger partial charge in [0.05, 0.1) is 6.42 Å². The molecule has 0 atom stereocenters. The van der Waals surface area contributed by atoms with Crippen LogP contribution in [0.25, 0.3) is 0 Å². The molecule has 2 aromatic carbocycles. The summed E-state index contributed by atoms with van der Waals surface area (Å²) in [5, 5.41) is 3.55. The van der Waals surface area contributed by atoms with Crippen LogP contribution < -0.4 is 5.32 Å². The number of aryl methyl sites for hydroxylation is 3. The highest BCUT2D eigenvalue weighted by molar-refractivity contribution is 6.31. The lowest BCUT2D eigenvalue weighted by Gasteiger charge is -2.10. The highest BCUT2D eigenvalue weighted by Crippen LogP contribution is 2.20. The standard InChI is InChI=1S/C17H18ClNO/c1-11-4-5-12(2)14(8-11)9-17(20)19-16-10-15(18)7-6-13(16)3/h4-8,10H,9H2,1-3H3,(H,19,20). The summed E-state index contributed by atoms with van der Waals surface area (Å²) in [6.45, 7) is 6.00. The number of hydrogen-bond donors (Lipinski definition) is 1. The van der Waals surface area contributed by atoms with Crippen molar-refractivity contribution in [1.29, 1.82) is 0 Å². The van der Waals surface area contributed by atoms with Crippen molar-refractivity contribution in [3.8, 4) is 0 Å². The molecule has 0 spiro atoms. The SMILES string of the molecule is Cc1ccc(C)c(CC(=O)Nc2cc(Cl)ccc2C)c1. The van der Waals surface area contributed by atoms with Crippen LogP contribution in [0.1, 0.15) is 22.3 Å². The number of carbonyl (C=O) groups is 1. The first kappa shape index (κ1) is 14.6. The number of benzene rings is 2. The van der Waals surface area contributed by atoms with Crippen LogP contribution in [0.4, 0.5) is 5.69 Å². The van der Waals surface area contributed by atoms with Gasteiger partial charge in [-0.05, 0) is 49.6 Å². The maximum atomic E-state index is 12.2. The smallest absolute Gasteiger partial charge is 0.228 e. The van der Waals surface area contributed by atoms with Gasteiger partial charge in [-0.3, -0.25) is 4.79 Å². The number of carbonyl (C=O) groups excluding carboxylic acids is 1. The normalized spacial score (nSPS) is 10.4. The molecule has 0 aliphatic carbocycles. The van der Waals surface area contributed by atoms with Gasteiger partial charge in [-0.25, -0.2) is 0 Å². The van der Waals surface area contributed by atoms with E-state index in [1.807, 2.05) is 39.0 Å². The first-order valence-corrected chi connectivity index (χ1v) is 6.95. The zero-order valence-electron chi connectivity index (χ0n) is 12.0. The minimum absolute atomic E-state index is 0.0240. The van der Waals surface area contributed by atoms with Crippen LogP contribution >= 0.6 is 11.6 Å². The molecule has 20 heavy (non-hydrogen) atoms. The largest absolute Gasteiger partial charge is 0.326 e. The lowest BCUT2D eigenvalue weighted by Crippen LogP contribution is -2.15. The number of halogens is 1. The maximum absolute atomic E-state index is 12.2. The molecule has 0 aromatic heterocycles. The predicted molar refractivity (Wildman–Crippen MR) is 84.4 cm³/mol. The molecular formula is C17H18ClNO. The first-order valence-electron chi connectivity index (χ1n) is 6.58. The summed E-state index contributed by atoms with van der Waals surface area (Å²) in [6, 6.07) is 11.6. The molecule has 1 N–H and O–H groups in total. The quantitative estimate of drug-likeness (QED) is 0.888. The average Bonchev–Trinajstić information content (AvgIpc) is 2.38. The van der Waals surface area contributed by atoms with Crippen LogP contribution in [-0.2, 0) is 11.2 Å².